The molecule has 1 aliphatic rings. The zero-order valence-corrected chi connectivity index (χ0v) is 8.50. The topological polar surface area (TPSA) is 29.5 Å². The summed E-state index contributed by atoms with van der Waals surface area (Å²) in [5, 5.41) is 9.62. The molecule has 0 radical (unpaired) electrons. The Bertz CT molecular complexity index is 148. The Labute approximate surface area is 74.9 Å². The summed E-state index contributed by atoms with van der Waals surface area (Å²) >= 11 is 0. The van der Waals surface area contributed by atoms with Crippen LogP contribution in [0.4, 0.5) is 0 Å². The van der Waals surface area contributed by atoms with Crippen LogP contribution in [0.5, 0.6) is 0 Å². The summed E-state index contributed by atoms with van der Waals surface area (Å²) in [5.74, 6) is 0.676. The lowest BCUT2D eigenvalue weighted by atomic mass is 9.83. The molecule has 0 aromatic heterocycles. The van der Waals surface area contributed by atoms with Crippen molar-refractivity contribution >= 4 is 0 Å². The molecule has 0 aromatic rings. The smallest absolute Gasteiger partial charge is 0.0849 e. The first-order chi connectivity index (χ1) is 5.41. The first kappa shape index (κ1) is 10.0. The third kappa shape index (κ3) is 2.20. The van der Waals surface area contributed by atoms with Gasteiger partial charge in [0.1, 0.15) is 0 Å². The van der Waals surface area contributed by atoms with Gasteiger partial charge in [0.25, 0.3) is 0 Å². The van der Waals surface area contributed by atoms with E-state index in [0.717, 1.165) is 6.42 Å². The van der Waals surface area contributed by atoms with Gasteiger partial charge in [-0.1, -0.05) is 6.92 Å². The van der Waals surface area contributed by atoms with Crippen molar-refractivity contribution in [2.24, 2.45) is 5.92 Å². The molecule has 2 heteroatoms. The van der Waals surface area contributed by atoms with Crippen LogP contribution in [0, 0.1) is 5.92 Å². The van der Waals surface area contributed by atoms with Gasteiger partial charge in [-0.3, -0.25) is 0 Å². The summed E-state index contributed by atoms with van der Waals surface area (Å²) in [6, 6.07) is 0. The van der Waals surface area contributed by atoms with E-state index in [1.807, 2.05) is 6.92 Å². The Kier molecular flexibility index (Phi) is 2.79. The zero-order chi connectivity index (χ0) is 9.35. The molecule has 3 atom stereocenters. The summed E-state index contributed by atoms with van der Waals surface area (Å²) in [4.78, 5) is 0. The molecule has 1 saturated carbocycles. The van der Waals surface area contributed by atoms with Crippen molar-refractivity contribution in [2.75, 3.05) is 0 Å². The maximum absolute atomic E-state index is 9.62. The Morgan fingerprint density at radius 2 is 2.00 bits per heavy atom. The van der Waals surface area contributed by atoms with Crippen LogP contribution >= 0.6 is 0 Å². The van der Waals surface area contributed by atoms with Crippen molar-refractivity contribution in [2.45, 2.75) is 58.3 Å². The molecule has 3 unspecified atom stereocenters. The minimum atomic E-state index is -0.713. The van der Waals surface area contributed by atoms with E-state index in [-0.39, 0.29) is 6.10 Å². The van der Waals surface area contributed by atoms with Crippen LogP contribution in [0.2, 0.25) is 0 Å². The van der Waals surface area contributed by atoms with E-state index in [4.69, 9.17) is 4.74 Å². The molecule has 12 heavy (non-hydrogen) atoms. The molecule has 72 valence electrons. The molecule has 1 N–H and O–H groups in total. The van der Waals surface area contributed by atoms with Gasteiger partial charge in [0, 0.05) is 0 Å². The first-order valence-electron chi connectivity index (χ1n) is 4.79. The average Bonchev–Trinajstić information content (AvgIpc) is 1.95. The fourth-order valence-electron chi connectivity index (χ4n) is 1.27. The largest absolute Gasteiger partial charge is 0.388 e. The molecule has 0 aromatic carbocycles. The lowest BCUT2D eigenvalue weighted by molar-refractivity contribution is -0.145. The third-order valence-corrected chi connectivity index (χ3v) is 2.91. The van der Waals surface area contributed by atoms with Crippen LogP contribution < -0.4 is 0 Å². The Morgan fingerprint density at radius 3 is 2.25 bits per heavy atom. The van der Waals surface area contributed by atoms with Gasteiger partial charge in [-0.25, -0.2) is 0 Å². The van der Waals surface area contributed by atoms with Crippen LogP contribution in [0.1, 0.15) is 40.5 Å². The highest BCUT2D eigenvalue weighted by Crippen LogP contribution is 2.31. The van der Waals surface area contributed by atoms with Crippen LogP contribution in [-0.2, 0) is 4.74 Å². The number of ether oxygens (including phenoxy) is 1. The van der Waals surface area contributed by atoms with Crippen LogP contribution in [0.15, 0.2) is 0 Å². The molecule has 0 heterocycles. The summed E-state index contributed by atoms with van der Waals surface area (Å²) < 4.78 is 5.71. The van der Waals surface area contributed by atoms with Crippen molar-refractivity contribution in [3.63, 3.8) is 0 Å². The fourth-order valence-corrected chi connectivity index (χ4v) is 1.27. The molecule has 0 spiro atoms. The van der Waals surface area contributed by atoms with Crippen LogP contribution in [0.25, 0.3) is 0 Å². The number of hydrogen-bond acceptors (Lipinski definition) is 2. The van der Waals surface area contributed by atoms with Gasteiger partial charge >= 0.3 is 0 Å². The Hall–Kier alpha value is -0.0800. The van der Waals surface area contributed by atoms with Gasteiger partial charge in [-0.15, -0.1) is 0 Å². The van der Waals surface area contributed by atoms with E-state index in [0.29, 0.717) is 12.0 Å². The molecule has 0 saturated heterocycles. The van der Waals surface area contributed by atoms with Crippen molar-refractivity contribution in [1.82, 2.24) is 0 Å². The van der Waals surface area contributed by atoms with Crippen LogP contribution in [-0.4, -0.2) is 22.9 Å². The van der Waals surface area contributed by atoms with Gasteiger partial charge in [0.05, 0.1) is 17.8 Å². The minimum Gasteiger partial charge on any atom is -0.388 e. The van der Waals surface area contributed by atoms with Gasteiger partial charge in [0.15, 0.2) is 0 Å². The van der Waals surface area contributed by atoms with Gasteiger partial charge in [0.2, 0.25) is 0 Å². The lowest BCUT2D eigenvalue weighted by Crippen LogP contribution is -2.43. The highest BCUT2D eigenvalue weighted by atomic mass is 16.5. The molecule has 0 amide bonds. The Balaban J connectivity index is 2.31. The van der Waals surface area contributed by atoms with Gasteiger partial charge < -0.3 is 9.84 Å². The second-order valence-electron chi connectivity index (χ2n) is 4.53. The van der Waals surface area contributed by atoms with E-state index < -0.39 is 5.60 Å². The molecule has 1 aliphatic carbocycles. The zero-order valence-electron chi connectivity index (χ0n) is 8.50. The first-order valence-corrected chi connectivity index (χ1v) is 4.79. The number of rotatable bonds is 3. The highest BCUT2D eigenvalue weighted by molar-refractivity contribution is 4.82. The normalized spacial score (nSPS) is 32.8. The molecular weight excluding hydrogens is 152 g/mol. The number of hydrogen-bond donors (Lipinski definition) is 1. The second-order valence-corrected chi connectivity index (χ2v) is 4.53. The molecule has 2 nitrogen and oxygen atoms in total. The predicted octanol–water partition coefficient (Wildman–Crippen LogP) is 1.96. The summed E-state index contributed by atoms with van der Waals surface area (Å²) in [7, 11) is 0. The SMILES string of the molecule is CC1CCC1OC(C)C(C)(C)O. The minimum absolute atomic E-state index is 0.0646. The second kappa shape index (κ2) is 3.35. The summed E-state index contributed by atoms with van der Waals surface area (Å²) in [5.41, 5.74) is -0.713. The maximum atomic E-state index is 9.62. The molecule has 0 bridgehead atoms. The van der Waals surface area contributed by atoms with Gasteiger partial charge in [-0.2, -0.15) is 0 Å². The molecule has 0 aliphatic heterocycles. The molecule has 1 rings (SSSR count). The third-order valence-electron chi connectivity index (χ3n) is 2.91. The fraction of sp³-hybridized carbons (Fsp3) is 1.00. The van der Waals surface area contributed by atoms with E-state index in [1.165, 1.54) is 6.42 Å². The van der Waals surface area contributed by atoms with E-state index in [1.54, 1.807) is 13.8 Å². The quantitative estimate of drug-likeness (QED) is 0.705. The van der Waals surface area contributed by atoms with Crippen molar-refractivity contribution in [3.05, 3.63) is 0 Å². The summed E-state index contributed by atoms with van der Waals surface area (Å²) in [6.45, 7) is 7.72. The molecular formula is C10H20O2. The number of aliphatic hydroxyl groups is 1. The van der Waals surface area contributed by atoms with Crippen molar-refractivity contribution in [1.29, 1.82) is 0 Å². The van der Waals surface area contributed by atoms with Crippen molar-refractivity contribution in [3.8, 4) is 0 Å². The predicted molar refractivity (Wildman–Crippen MR) is 49.0 cm³/mol. The highest BCUT2D eigenvalue weighted by Gasteiger charge is 2.33. The average molecular weight is 172 g/mol. The summed E-state index contributed by atoms with van der Waals surface area (Å²) in [6.07, 6.45) is 2.74. The lowest BCUT2D eigenvalue weighted by Gasteiger charge is -2.38. The maximum Gasteiger partial charge on any atom is 0.0849 e. The van der Waals surface area contributed by atoms with Crippen molar-refractivity contribution < 1.29 is 9.84 Å². The molecule has 1 fully saturated rings. The standard InChI is InChI=1S/C10H20O2/c1-7-5-6-9(7)12-8(2)10(3,4)11/h7-9,11H,5-6H2,1-4H3. The Morgan fingerprint density at radius 1 is 1.42 bits per heavy atom. The van der Waals surface area contributed by atoms with E-state index in [9.17, 15) is 5.11 Å². The van der Waals surface area contributed by atoms with Gasteiger partial charge in [-0.05, 0) is 39.5 Å². The van der Waals surface area contributed by atoms with E-state index in [2.05, 4.69) is 6.92 Å². The monoisotopic (exact) mass is 172 g/mol. The van der Waals surface area contributed by atoms with E-state index >= 15 is 0 Å². The van der Waals surface area contributed by atoms with Crippen LogP contribution in [0.3, 0.4) is 0 Å².